The highest BCUT2D eigenvalue weighted by Crippen LogP contribution is 2.39. The van der Waals surface area contributed by atoms with Crippen molar-refractivity contribution in [3.05, 3.63) is 36.7 Å². The average Bonchev–Trinajstić information content (AvgIpc) is 2.27. The molecule has 0 aromatic heterocycles. The molecular weight excluding hydrogens is 408 g/mol. The van der Waals surface area contributed by atoms with Crippen molar-refractivity contribution in [2.45, 2.75) is 0 Å². The summed E-state index contributed by atoms with van der Waals surface area (Å²) in [5, 5.41) is 9.76. The molecule has 0 amide bonds. The normalized spacial score (nSPS) is 15.4. The Labute approximate surface area is 116 Å². The molecule has 2 rings (SSSR count). The van der Waals surface area contributed by atoms with Crippen molar-refractivity contribution in [1.82, 2.24) is 0 Å². The van der Waals surface area contributed by atoms with Gasteiger partial charge in [-0.2, -0.15) is 0 Å². The first-order valence-corrected chi connectivity index (χ1v) is 6.49. The van der Waals surface area contributed by atoms with Crippen LogP contribution in [0.25, 0.3) is 0 Å². The average molecular weight is 411 g/mol. The number of fused-ring (bicyclic) bond motifs is 1. The first-order valence-electron chi connectivity index (χ1n) is 4.11. The van der Waals surface area contributed by atoms with Crippen LogP contribution >= 0.6 is 47.8 Å². The number of hydrogen-bond donors (Lipinski definition) is 1. The summed E-state index contributed by atoms with van der Waals surface area (Å²) in [5.74, 6) is -0.961. The zero-order chi connectivity index (χ0) is 12.0. The zero-order valence-corrected chi connectivity index (χ0v) is 12.3. The topological polar surface area (TPSA) is 54.4 Å². The van der Waals surface area contributed by atoms with Crippen LogP contribution in [0.2, 0.25) is 0 Å². The van der Waals surface area contributed by atoms with Gasteiger partial charge in [-0.25, -0.2) is 0 Å². The van der Waals surface area contributed by atoms with E-state index in [1.807, 2.05) is 0 Å². The van der Waals surface area contributed by atoms with Crippen LogP contribution in [0.5, 0.6) is 5.75 Å². The molecule has 1 aliphatic rings. The minimum atomic E-state index is -0.416. The van der Waals surface area contributed by atoms with E-state index in [0.29, 0.717) is 4.47 Å². The summed E-state index contributed by atoms with van der Waals surface area (Å²) in [6.45, 7) is 0. The molecule has 3 nitrogen and oxygen atoms in total. The van der Waals surface area contributed by atoms with Crippen molar-refractivity contribution in [2.75, 3.05) is 0 Å². The number of rotatable bonds is 0. The van der Waals surface area contributed by atoms with E-state index in [4.69, 9.17) is 0 Å². The van der Waals surface area contributed by atoms with E-state index >= 15 is 0 Å². The van der Waals surface area contributed by atoms with Crippen molar-refractivity contribution in [3.63, 3.8) is 0 Å². The Hall–Kier alpha value is -0.460. The standard InChI is InChI=1S/C10H3Br3O3/c11-4-2-1-3-5(9(4)15)10(16)7(13)6(12)8(3)14/h1-2,15H. The third-order valence-electron chi connectivity index (χ3n) is 2.19. The van der Waals surface area contributed by atoms with Gasteiger partial charge in [0.25, 0.3) is 0 Å². The van der Waals surface area contributed by atoms with Gasteiger partial charge >= 0.3 is 0 Å². The molecule has 0 heterocycles. The second-order valence-corrected chi connectivity index (χ2v) is 5.55. The highest BCUT2D eigenvalue weighted by molar-refractivity contribution is 9.14. The molecule has 0 atom stereocenters. The van der Waals surface area contributed by atoms with Crippen molar-refractivity contribution < 1.29 is 14.7 Å². The Bertz CT molecular complexity index is 561. The highest BCUT2D eigenvalue weighted by Gasteiger charge is 2.32. The summed E-state index contributed by atoms with van der Waals surface area (Å²) < 4.78 is 0.677. The first-order chi connectivity index (χ1) is 7.45. The minimum Gasteiger partial charge on any atom is -0.506 e. The third-order valence-corrected chi connectivity index (χ3v) is 4.88. The second-order valence-electron chi connectivity index (χ2n) is 3.10. The highest BCUT2D eigenvalue weighted by atomic mass is 79.9. The number of carbonyl (C=O) groups is 2. The van der Waals surface area contributed by atoms with Gasteiger partial charge in [0, 0.05) is 5.56 Å². The molecule has 82 valence electrons. The van der Waals surface area contributed by atoms with Crippen LogP contribution in [0.4, 0.5) is 0 Å². The SMILES string of the molecule is O=C1C(Br)=C(Br)C(=O)c2c1ccc(Br)c2O. The lowest BCUT2D eigenvalue weighted by Crippen LogP contribution is -2.17. The van der Waals surface area contributed by atoms with Gasteiger partial charge in [0.1, 0.15) is 5.75 Å². The third kappa shape index (κ3) is 1.59. The van der Waals surface area contributed by atoms with Gasteiger partial charge in [-0.3, -0.25) is 9.59 Å². The van der Waals surface area contributed by atoms with Gasteiger partial charge in [0.2, 0.25) is 11.6 Å². The molecule has 1 aromatic carbocycles. The van der Waals surface area contributed by atoms with Crippen molar-refractivity contribution in [2.24, 2.45) is 0 Å². The zero-order valence-electron chi connectivity index (χ0n) is 7.55. The number of ketones is 2. The first kappa shape index (κ1) is 12.0. The summed E-state index contributed by atoms with van der Waals surface area (Å²) in [5.41, 5.74) is 0.218. The van der Waals surface area contributed by atoms with Gasteiger partial charge in [-0.15, -0.1) is 0 Å². The summed E-state index contributed by atoms with van der Waals surface area (Å²) in [7, 11) is 0. The van der Waals surface area contributed by atoms with Gasteiger partial charge in [0.05, 0.1) is 19.0 Å². The maximum absolute atomic E-state index is 11.9. The van der Waals surface area contributed by atoms with Crippen LogP contribution in [0, 0.1) is 0 Å². The second kappa shape index (κ2) is 4.09. The molecule has 0 spiro atoms. The van der Waals surface area contributed by atoms with E-state index in [1.165, 1.54) is 12.1 Å². The molecule has 0 fully saturated rings. The number of carbonyl (C=O) groups excluding carboxylic acids is 2. The number of aromatic hydroxyl groups is 1. The Morgan fingerprint density at radius 3 is 2.12 bits per heavy atom. The summed E-state index contributed by atoms with van der Waals surface area (Å²) in [6, 6.07) is 3.03. The molecule has 0 radical (unpaired) electrons. The molecule has 1 aromatic rings. The molecule has 0 saturated carbocycles. The smallest absolute Gasteiger partial charge is 0.205 e. The number of hydrogen-bond acceptors (Lipinski definition) is 3. The molecule has 16 heavy (non-hydrogen) atoms. The van der Waals surface area contributed by atoms with Crippen LogP contribution in [-0.4, -0.2) is 16.7 Å². The number of allylic oxidation sites excluding steroid dienone is 2. The van der Waals surface area contributed by atoms with Gasteiger partial charge in [0.15, 0.2) is 0 Å². The summed E-state index contributed by atoms with van der Waals surface area (Å²) >= 11 is 9.17. The van der Waals surface area contributed by atoms with E-state index in [-0.39, 0.29) is 31.6 Å². The molecule has 1 N–H and O–H groups in total. The van der Waals surface area contributed by atoms with E-state index in [1.54, 1.807) is 0 Å². The number of halogens is 3. The Morgan fingerprint density at radius 1 is 0.938 bits per heavy atom. The van der Waals surface area contributed by atoms with Crippen molar-refractivity contribution >= 4 is 59.4 Å². The van der Waals surface area contributed by atoms with Gasteiger partial charge in [-0.05, 0) is 59.9 Å². The molecular formula is C10H3Br3O3. The number of phenols is 1. The van der Waals surface area contributed by atoms with Crippen molar-refractivity contribution in [1.29, 1.82) is 0 Å². The number of Topliss-reactive ketones (excluding diaryl/α,β-unsaturated/α-hetero) is 2. The Morgan fingerprint density at radius 2 is 1.50 bits per heavy atom. The van der Waals surface area contributed by atoms with E-state index in [9.17, 15) is 14.7 Å². The largest absolute Gasteiger partial charge is 0.506 e. The molecule has 6 heteroatoms. The van der Waals surface area contributed by atoms with E-state index < -0.39 is 5.78 Å². The van der Waals surface area contributed by atoms with Crippen molar-refractivity contribution in [3.8, 4) is 5.75 Å². The van der Waals surface area contributed by atoms with E-state index in [2.05, 4.69) is 47.8 Å². The Kier molecular flexibility index (Phi) is 3.07. The van der Waals surface area contributed by atoms with E-state index in [0.717, 1.165) is 0 Å². The molecule has 0 unspecified atom stereocenters. The lowest BCUT2D eigenvalue weighted by atomic mass is 9.94. The lowest BCUT2D eigenvalue weighted by molar-refractivity contribution is 0.0987. The monoisotopic (exact) mass is 408 g/mol. The Balaban J connectivity index is 2.82. The predicted octanol–water partition coefficient (Wildman–Crippen LogP) is 3.54. The fourth-order valence-corrected chi connectivity index (χ4v) is 2.51. The van der Waals surface area contributed by atoms with Crippen LogP contribution in [0.1, 0.15) is 20.7 Å². The lowest BCUT2D eigenvalue weighted by Gasteiger charge is -2.16. The summed E-state index contributed by atoms with van der Waals surface area (Å²) in [4.78, 5) is 23.7. The summed E-state index contributed by atoms with van der Waals surface area (Å²) in [6.07, 6.45) is 0. The van der Waals surface area contributed by atoms with Crippen LogP contribution in [0.3, 0.4) is 0 Å². The minimum absolute atomic E-state index is 0.0226. The fraction of sp³-hybridized carbons (Fsp3) is 0. The number of benzene rings is 1. The molecule has 1 aliphatic carbocycles. The van der Waals surface area contributed by atoms with Gasteiger partial charge in [-0.1, -0.05) is 0 Å². The molecule has 0 saturated heterocycles. The van der Waals surface area contributed by atoms with Crippen LogP contribution in [-0.2, 0) is 0 Å². The van der Waals surface area contributed by atoms with Crippen LogP contribution < -0.4 is 0 Å². The maximum atomic E-state index is 11.9. The molecule has 0 bridgehead atoms. The molecule has 0 aliphatic heterocycles. The quantitative estimate of drug-likeness (QED) is 0.711. The fourth-order valence-electron chi connectivity index (χ4n) is 1.41. The van der Waals surface area contributed by atoms with Crippen LogP contribution in [0.15, 0.2) is 25.6 Å². The van der Waals surface area contributed by atoms with Gasteiger partial charge < -0.3 is 5.11 Å². The number of phenolic OH excluding ortho intramolecular Hbond substituents is 1. The maximum Gasteiger partial charge on any atom is 0.205 e. The predicted molar refractivity (Wildman–Crippen MR) is 69.3 cm³/mol.